The molecule has 4 aromatic carbocycles. The van der Waals surface area contributed by atoms with Gasteiger partial charge in [0, 0.05) is 25.2 Å². The fraction of sp³-hybridized carbons (Fsp3) is 0.324. The number of ether oxygens (including phenoxy) is 4. The van der Waals surface area contributed by atoms with Crippen molar-refractivity contribution in [2.45, 2.75) is 50.2 Å². The van der Waals surface area contributed by atoms with Crippen LogP contribution >= 0.6 is 0 Å². The van der Waals surface area contributed by atoms with Gasteiger partial charge in [0.1, 0.15) is 35.2 Å². The molecule has 46 heavy (non-hydrogen) atoms. The van der Waals surface area contributed by atoms with Crippen molar-refractivity contribution in [2.75, 3.05) is 28.4 Å². The molecule has 0 saturated carbocycles. The van der Waals surface area contributed by atoms with E-state index in [1.165, 1.54) is 0 Å². The first-order valence-corrected chi connectivity index (χ1v) is 15.3. The van der Waals surface area contributed by atoms with Crippen LogP contribution < -0.4 is 18.9 Å². The number of carbonyl (C=O) groups is 1. The Morgan fingerprint density at radius 3 is 1.15 bits per heavy atom. The highest BCUT2D eigenvalue weighted by molar-refractivity contribution is 5.76. The van der Waals surface area contributed by atoms with Crippen molar-refractivity contribution < 1.29 is 34.0 Å². The van der Waals surface area contributed by atoms with Gasteiger partial charge in [-0.3, -0.25) is 0 Å². The Morgan fingerprint density at radius 2 is 0.848 bits per heavy atom. The molecule has 242 valence electrons. The molecule has 1 aliphatic rings. The number of hydrogen-bond acceptors (Lipinski definition) is 7. The summed E-state index contributed by atoms with van der Waals surface area (Å²) in [5, 5.41) is 24.1. The van der Waals surface area contributed by atoms with Crippen molar-refractivity contribution in [1.29, 1.82) is 0 Å². The Bertz CT molecular complexity index is 1420. The lowest BCUT2D eigenvalue weighted by atomic mass is 9.90. The van der Waals surface area contributed by atoms with E-state index >= 15 is 0 Å². The standard InChI is InChI=1S/C37H42N2O7/c1-43-29-15-27(16-30(21-29)44-2)19-33-35(40)36(41)34(20-28-17-31(45-3)22-32(18-28)46-4)39(24-26-13-9-6-10-14-26)37(42)38(33)23-25-11-7-5-8-12-25/h5-18,21-22,33-36,40-41H,19-20,23-24H2,1-4H3/t33-,34-,35+,36+/m1/s1. The Labute approximate surface area is 270 Å². The zero-order chi connectivity index (χ0) is 32.6. The number of methoxy groups -OCH3 is 4. The predicted octanol–water partition coefficient (Wildman–Crippen LogP) is 5.10. The van der Waals surface area contributed by atoms with Crippen LogP contribution in [0.15, 0.2) is 97.1 Å². The molecule has 1 aliphatic heterocycles. The number of benzene rings is 4. The van der Waals surface area contributed by atoms with Gasteiger partial charge in [0.05, 0.1) is 40.5 Å². The normalized spacial score (nSPS) is 19.8. The van der Waals surface area contributed by atoms with Gasteiger partial charge >= 0.3 is 6.03 Å². The number of amides is 2. The van der Waals surface area contributed by atoms with Crippen LogP contribution in [0.2, 0.25) is 0 Å². The Hall–Kier alpha value is -4.73. The minimum absolute atomic E-state index is 0.236. The predicted molar refractivity (Wildman–Crippen MR) is 175 cm³/mol. The van der Waals surface area contributed by atoms with Crippen molar-refractivity contribution >= 4 is 6.03 Å². The molecule has 0 aromatic heterocycles. The van der Waals surface area contributed by atoms with Crippen LogP contribution in [0.1, 0.15) is 22.3 Å². The molecule has 4 aromatic rings. The van der Waals surface area contributed by atoms with Gasteiger partial charge in [-0.25, -0.2) is 4.79 Å². The SMILES string of the molecule is COc1cc(C[C@@H]2[C@H](O)[C@@H](O)[C@@H](Cc3cc(OC)cc(OC)c3)N(Cc3ccccc3)C(=O)N2Cc2ccccc2)cc(OC)c1. The molecular formula is C37H42N2O7. The lowest BCUT2D eigenvalue weighted by Crippen LogP contribution is -2.50. The molecule has 1 fully saturated rings. The topological polar surface area (TPSA) is 101 Å². The van der Waals surface area contributed by atoms with Gasteiger partial charge in [-0.05, 0) is 59.4 Å². The van der Waals surface area contributed by atoms with E-state index in [2.05, 4.69) is 0 Å². The average Bonchev–Trinajstić information content (AvgIpc) is 3.15. The summed E-state index contributed by atoms with van der Waals surface area (Å²) in [6.45, 7) is 0.473. The van der Waals surface area contributed by atoms with Crippen LogP contribution in [-0.4, -0.2) is 78.8 Å². The highest BCUT2D eigenvalue weighted by atomic mass is 16.5. The second-order valence-electron chi connectivity index (χ2n) is 11.5. The molecule has 1 heterocycles. The van der Waals surface area contributed by atoms with E-state index in [-0.39, 0.29) is 32.0 Å². The van der Waals surface area contributed by atoms with Crippen molar-refractivity contribution in [2.24, 2.45) is 0 Å². The van der Waals surface area contributed by atoms with Gasteiger partial charge < -0.3 is 39.0 Å². The van der Waals surface area contributed by atoms with Gasteiger partial charge in [0.15, 0.2) is 0 Å². The molecule has 9 heteroatoms. The van der Waals surface area contributed by atoms with E-state index in [0.29, 0.717) is 23.0 Å². The maximum Gasteiger partial charge on any atom is 0.321 e. The molecule has 0 bridgehead atoms. The summed E-state index contributed by atoms with van der Waals surface area (Å²) in [5.74, 6) is 2.37. The summed E-state index contributed by atoms with van der Waals surface area (Å²) in [6.07, 6.45) is -2.07. The van der Waals surface area contributed by atoms with Gasteiger partial charge in [0.25, 0.3) is 0 Å². The lowest BCUT2D eigenvalue weighted by molar-refractivity contribution is -0.0408. The smallest absolute Gasteiger partial charge is 0.321 e. The quantitative estimate of drug-likeness (QED) is 0.226. The first kappa shape index (κ1) is 32.7. The van der Waals surface area contributed by atoms with Gasteiger partial charge in [-0.1, -0.05) is 60.7 Å². The minimum Gasteiger partial charge on any atom is -0.497 e. The van der Waals surface area contributed by atoms with E-state index in [0.717, 1.165) is 22.3 Å². The van der Waals surface area contributed by atoms with Crippen LogP contribution in [0.5, 0.6) is 23.0 Å². The monoisotopic (exact) mass is 626 g/mol. The van der Waals surface area contributed by atoms with Crippen molar-refractivity contribution in [3.05, 3.63) is 119 Å². The summed E-state index contributed by atoms with van der Waals surface area (Å²) in [6, 6.07) is 28.5. The molecule has 1 saturated heterocycles. The van der Waals surface area contributed by atoms with E-state index in [9.17, 15) is 15.0 Å². The summed E-state index contributed by atoms with van der Waals surface area (Å²) in [5.41, 5.74) is 3.40. The summed E-state index contributed by atoms with van der Waals surface area (Å²) < 4.78 is 22.0. The van der Waals surface area contributed by atoms with Crippen LogP contribution in [0.4, 0.5) is 4.79 Å². The number of carbonyl (C=O) groups excluding carboxylic acids is 1. The third-order valence-electron chi connectivity index (χ3n) is 8.53. The molecule has 0 spiro atoms. The molecule has 0 unspecified atom stereocenters. The van der Waals surface area contributed by atoms with Gasteiger partial charge in [-0.2, -0.15) is 0 Å². The van der Waals surface area contributed by atoms with Crippen molar-refractivity contribution in [3.8, 4) is 23.0 Å². The fourth-order valence-corrected chi connectivity index (χ4v) is 6.12. The number of urea groups is 1. The Morgan fingerprint density at radius 1 is 0.522 bits per heavy atom. The van der Waals surface area contributed by atoms with E-state index in [4.69, 9.17) is 18.9 Å². The second-order valence-corrected chi connectivity index (χ2v) is 11.5. The molecule has 4 atom stereocenters. The van der Waals surface area contributed by atoms with Crippen molar-refractivity contribution in [3.63, 3.8) is 0 Å². The zero-order valence-electron chi connectivity index (χ0n) is 26.7. The maximum absolute atomic E-state index is 14.9. The molecule has 0 radical (unpaired) electrons. The third kappa shape index (κ3) is 7.55. The molecule has 5 rings (SSSR count). The number of hydrogen-bond donors (Lipinski definition) is 2. The number of nitrogens with zero attached hydrogens (tertiary/aromatic N) is 2. The number of aliphatic hydroxyl groups is 2. The zero-order valence-corrected chi connectivity index (χ0v) is 26.7. The van der Waals surface area contributed by atoms with Crippen LogP contribution in [-0.2, 0) is 25.9 Å². The number of aliphatic hydroxyl groups excluding tert-OH is 2. The molecule has 9 nitrogen and oxygen atoms in total. The average molecular weight is 627 g/mol. The van der Waals surface area contributed by atoms with Gasteiger partial charge in [-0.15, -0.1) is 0 Å². The lowest BCUT2D eigenvalue weighted by Gasteiger charge is -2.36. The Balaban J connectivity index is 1.61. The molecule has 0 aliphatic carbocycles. The first-order valence-electron chi connectivity index (χ1n) is 15.3. The van der Waals surface area contributed by atoms with Gasteiger partial charge in [0.2, 0.25) is 0 Å². The third-order valence-corrected chi connectivity index (χ3v) is 8.53. The first-order chi connectivity index (χ1) is 22.3. The molecular weight excluding hydrogens is 584 g/mol. The minimum atomic E-state index is -1.29. The van der Waals surface area contributed by atoms with E-state index in [1.54, 1.807) is 50.4 Å². The Kier molecular flexibility index (Phi) is 10.7. The summed E-state index contributed by atoms with van der Waals surface area (Å²) >= 11 is 0. The molecule has 2 amide bonds. The fourth-order valence-electron chi connectivity index (χ4n) is 6.12. The van der Waals surface area contributed by atoms with E-state index in [1.807, 2.05) is 84.9 Å². The van der Waals surface area contributed by atoms with E-state index < -0.39 is 24.3 Å². The van der Waals surface area contributed by atoms with Crippen LogP contribution in [0.25, 0.3) is 0 Å². The highest BCUT2D eigenvalue weighted by Crippen LogP contribution is 2.33. The van der Waals surface area contributed by atoms with Crippen LogP contribution in [0.3, 0.4) is 0 Å². The van der Waals surface area contributed by atoms with Crippen molar-refractivity contribution in [1.82, 2.24) is 9.80 Å². The summed E-state index contributed by atoms with van der Waals surface area (Å²) in [7, 11) is 6.31. The molecule has 2 N–H and O–H groups in total. The second kappa shape index (κ2) is 15.0. The van der Waals surface area contributed by atoms with Crippen LogP contribution in [0, 0.1) is 0 Å². The largest absolute Gasteiger partial charge is 0.497 e. The summed E-state index contributed by atoms with van der Waals surface area (Å²) in [4.78, 5) is 18.2. The number of rotatable bonds is 12. The highest BCUT2D eigenvalue weighted by Gasteiger charge is 2.46. The maximum atomic E-state index is 14.9.